The van der Waals surface area contributed by atoms with Gasteiger partial charge in [0.15, 0.2) is 0 Å². The average Bonchev–Trinajstić information content (AvgIpc) is 3.07. The third kappa shape index (κ3) is 2.87. The Bertz CT molecular complexity index is 382. The molecular formula is C17H28N2O2. The lowest BCUT2D eigenvalue weighted by atomic mass is 9.83. The molecule has 4 heteroatoms. The smallest absolute Gasteiger partial charge is 0.233 e. The lowest BCUT2D eigenvalue weighted by Crippen LogP contribution is -2.48. The molecule has 2 saturated carbocycles. The Morgan fingerprint density at radius 3 is 2.19 bits per heavy atom. The van der Waals surface area contributed by atoms with Crippen LogP contribution >= 0.6 is 0 Å². The molecule has 2 aliphatic carbocycles. The molecule has 0 radical (unpaired) electrons. The Kier molecular flexibility index (Phi) is 4.63. The molecule has 1 N–H and O–H groups in total. The first-order valence-electron chi connectivity index (χ1n) is 8.81. The second kappa shape index (κ2) is 6.47. The van der Waals surface area contributed by atoms with Gasteiger partial charge in [0.1, 0.15) is 0 Å². The monoisotopic (exact) mass is 292 g/mol. The third-order valence-electron chi connectivity index (χ3n) is 5.75. The Hall–Kier alpha value is -0.900. The Morgan fingerprint density at radius 1 is 1.00 bits per heavy atom. The quantitative estimate of drug-likeness (QED) is 0.791. The molecule has 1 saturated heterocycles. The van der Waals surface area contributed by atoms with Crippen molar-refractivity contribution >= 4 is 11.8 Å². The number of carbonyl (C=O) groups is 2. The van der Waals surface area contributed by atoms with E-state index in [1.54, 1.807) is 4.90 Å². The standard InChI is InChI=1S/C17H28N2O2/c1-2-18-15(12-7-4-3-5-8-12)11-19-16(20)13-9-6-10-14(13)17(19)21/h12-15,18H,2-11H2,1H3. The summed E-state index contributed by atoms with van der Waals surface area (Å²) in [6, 6.07) is 0.294. The first-order valence-corrected chi connectivity index (χ1v) is 8.81. The van der Waals surface area contributed by atoms with E-state index >= 15 is 0 Å². The van der Waals surface area contributed by atoms with Crippen molar-refractivity contribution in [3.63, 3.8) is 0 Å². The van der Waals surface area contributed by atoms with E-state index in [1.165, 1.54) is 32.1 Å². The Balaban J connectivity index is 1.67. The second-order valence-corrected chi connectivity index (χ2v) is 6.99. The summed E-state index contributed by atoms with van der Waals surface area (Å²) in [4.78, 5) is 26.6. The second-order valence-electron chi connectivity index (χ2n) is 6.99. The first kappa shape index (κ1) is 15.0. The zero-order valence-corrected chi connectivity index (χ0v) is 13.1. The normalized spacial score (nSPS) is 31.8. The molecule has 3 fully saturated rings. The van der Waals surface area contributed by atoms with Crippen LogP contribution in [0.5, 0.6) is 0 Å². The van der Waals surface area contributed by atoms with Gasteiger partial charge >= 0.3 is 0 Å². The van der Waals surface area contributed by atoms with E-state index < -0.39 is 0 Å². The van der Waals surface area contributed by atoms with Crippen LogP contribution in [0.4, 0.5) is 0 Å². The molecule has 3 aliphatic rings. The van der Waals surface area contributed by atoms with Gasteiger partial charge in [0.25, 0.3) is 0 Å². The van der Waals surface area contributed by atoms with E-state index in [4.69, 9.17) is 0 Å². The van der Waals surface area contributed by atoms with E-state index in [2.05, 4.69) is 12.2 Å². The Morgan fingerprint density at radius 2 is 1.62 bits per heavy atom. The number of carbonyl (C=O) groups excluding carboxylic acids is 2. The van der Waals surface area contributed by atoms with Crippen LogP contribution in [0.15, 0.2) is 0 Å². The maximum atomic E-state index is 12.5. The van der Waals surface area contributed by atoms with Gasteiger partial charge in [-0.2, -0.15) is 0 Å². The van der Waals surface area contributed by atoms with Crippen molar-refractivity contribution in [2.45, 2.75) is 64.3 Å². The highest BCUT2D eigenvalue weighted by Crippen LogP contribution is 2.40. The molecule has 118 valence electrons. The van der Waals surface area contributed by atoms with Gasteiger partial charge in [0.2, 0.25) is 11.8 Å². The first-order chi connectivity index (χ1) is 10.2. The van der Waals surface area contributed by atoms with E-state index in [9.17, 15) is 9.59 Å². The lowest BCUT2D eigenvalue weighted by Gasteiger charge is -2.33. The minimum atomic E-state index is 0.00568. The van der Waals surface area contributed by atoms with Crippen LogP contribution in [0.3, 0.4) is 0 Å². The molecule has 21 heavy (non-hydrogen) atoms. The molecule has 2 amide bonds. The van der Waals surface area contributed by atoms with Gasteiger partial charge in [-0.05, 0) is 38.1 Å². The number of likely N-dealkylation sites (tertiary alicyclic amines) is 1. The molecule has 0 spiro atoms. The predicted octanol–water partition coefficient (Wildman–Crippen LogP) is 2.33. The molecule has 3 rings (SSSR count). The largest absolute Gasteiger partial charge is 0.312 e. The minimum Gasteiger partial charge on any atom is -0.312 e. The van der Waals surface area contributed by atoms with Gasteiger partial charge in [-0.3, -0.25) is 14.5 Å². The van der Waals surface area contributed by atoms with Crippen LogP contribution < -0.4 is 5.32 Å². The van der Waals surface area contributed by atoms with Crippen LogP contribution in [0.2, 0.25) is 0 Å². The summed E-state index contributed by atoms with van der Waals surface area (Å²) in [7, 11) is 0. The molecule has 1 heterocycles. The minimum absolute atomic E-state index is 0.00568. The number of hydrogen-bond donors (Lipinski definition) is 1. The van der Waals surface area contributed by atoms with Crippen molar-refractivity contribution in [1.29, 1.82) is 0 Å². The molecule has 3 unspecified atom stereocenters. The van der Waals surface area contributed by atoms with Crippen LogP contribution in [0, 0.1) is 17.8 Å². The maximum Gasteiger partial charge on any atom is 0.233 e. The fourth-order valence-corrected chi connectivity index (χ4v) is 4.62. The van der Waals surface area contributed by atoms with Gasteiger partial charge < -0.3 is 5.32 Å². The van der Waals surface area contributed by atoms with Crippen LogP contribution in [0.1, 0.15) is 58.3 Å². The van der Waals surface area contributed by atoms with Gasteiger partial charge in [-0.15, -0.1) is 0 Å². The molecule has 0 aromatic rings. The lowest BCUT2D eigenvalue weighted by molar-refractivity contribution is -0.141. The fraction of sp³-hybridized carbons (Fsp3) is 0.882. The molecule has 0 bridgehead atoms. The van der Waals surface area contributed by atoms with Crippen molar-refractivity contribution in [3.8, 4) is 0 Å². The number of imide groups is 1. The van der Waals surface area contributed by atoms with E-state index in [-0.39, 0.29) is 23.7 Å². The van der Waals surface area contributed by atoms with Crippen LogP contribution in [-0.4, -0.2) is 35.8 Å². The van der Waals surface area contributed by atoms with Gasteiger partial charge in [0, 0.05) is 12.6 Å². The highest BCUT2D eigenvalue weighted by molar-refractivity contribution is 6.05. The summed E-state index contributed by atoms with van der Waals surface area (Å²) in [6.07, 6.45) is 9.27. The molecular weight excluding hydrogens is 264 g/mol. The summed E-state index contributed by atoms with van der Waals surface area (Å²) in [5.41, 5.74) is 0. The fourth-order valence-electron chi connectivity index (χ4n) is 4.62. The zero-order valence-electron chi connectivity index (χ0n) is 13.1. The third-order valence-corrected chi connectivity index (χ3v) is 5.75. The van der Waals surface area contributed by atoms with Crippen molar-refractivity contribution < 1.29 is 9.59 Å². The number of likely N-dealkylation sites (N-methyl/N-ethyl adjacent to an activating group) is 1. The van der Waals surface area contributed by atoms with Crippen LogP contribution in [0.25, 0.3) is 0 Å². The zero-order chi connectivity index (χ0) is 14.8. The summed E-state index contributed by atoms with van der Waals surface area (Å²) in [5.74, 6) is 0.861. The van der Waals surface area contributed by atoms with Crippen LogP contribution in [-0.2, 0) is 9.59 Å². The summed E-state index contributed by atoms with van der Waals surface area (Å²) < 4.78 is 0. The average molecular weight is 292 g/mol. The summed E-state index contributed by atoms with van der Waals surface area (Å²) in [6.45, 7) is 3.62. The van der Waals surface area contributed by atoms with E-state index in [0.29, 0.717) is 18.5 Å². The van der Waals surface area contributed by atoms with E-state index in [1.807, 2.05) is 0 Å². The predicted molar refractivity (Wildman–Crippen MR) is 81.6 cm³/mol. The maximum absolute atomic E-state index is 12.5. The van der Waals surface area contributed by atoms with Crippen molar-refractivity contribution in [3.05, 3.63) is 0 Å². The molecule has 0 aromatic heterocycles. The van der Waals surface area contributed by atoms with Gasteiger partial charge in [-0.1, -0.05) is 32.6 Å². The Labute approximate surface area is 127 Å². The van der Waals surface area contributed by atoms with E-state index in [0.717, 1.165) is 25.8 Å². The van der Waals surface area contributed by atoms with Crippen molar-refractivity contribution in [1.82, 2.24) is 10.2 Å². The molecule has 3 atom stereocenters. The molecule has 4 nitrogen and oxygen atoms in total. The summed E-state index contributed by atoms with van der Waals surface area (Å²) in [5, 5.41) is 3.54. The number of hydrogen-bond acceptors (Lipinski definition) is 3. The van der Waals surface area contributed by atoms with Gasteiger partial charge in [-0.25, -0.2) is 0 Å². The molecule has 1 aliphatic heterocycles. The topological polar surface area (TPSA) is 49.4 Å². The number of fused-ring (bicyclic) bond motifs is 1. The number of nitrogens with one attached hydrogen (secondary N) is 1. The highest BCUT2D eigenvalue weighted by atomic mass is 16.2. The van der Waals surface area contributed by atoms with Crippen molar-refractivity contribution in [2.75, 3.05) is 13.1 Å². The van der Waals surface area contributed by atoms with Gasteiger partial charge in [0.05, 0.1) is 11.8 Å². The molecule has 0 aromatic carbocycles. The summed E-state index contributed by atoms with van der Waals surface area (Å²) >= 11 is 0. The number of nitrogens with zero attached hydrogens (tertiary/aromatic N) is 1. The van der Waals surface area contributed by atoms with Crippen molar-refractivity contribution in [2.24, 2.45) is 17.8 Å². The number of rotatable bonds is 5. The SMILES string of the molecule is CCNC(CN1C(=O)C2CCCC2C1=O)C1CCCCC1. The highest BCUT2D eigenvalue weighted by Gasteiger charge is 2.50. The number of amides is 2.